The van der Waals surface area contributed by atoms with Crippen LogP contribution in [-0.2, 0) is 9.53 Å². The minimum absolute atomic E-state index is 0.0301. The van der Waals surface area contributed by atoms with Gasteiger partial charge in [0, 0.05) is 7.11 Å². The minimum Gasteiger partial charge on any atom is -0.545 e. The maximum absolute atomic E-state index is 10.0. The molecule has 0 amide bonds. The highest BCUT2D eigenvalue weighted by atomic mass is 16.5. The van der Waals surface area contributed by atoms with Crippen molar-refractivity contribution in [2.45, 2.75) is 13.0 Å². The van der Waals surface area contributed by atoms with Crippen molar-refractivity contribution in [1.29, 1.82) is 0 Å². The number of hydrogen-bond acceptors (Lipinski definition) is 3. The number of carboxylic acids is 1. The van der Waals surface area contributed by atoms with Crippen LogP contribution in [0.1, 0.15) is 6.92 Å². The van der Waals surface area contributed by atoms with Gasteiger partial charge in [-0.15, -0.1) is 0 Å². The molecule has 1 unspecified atom stereocenters. The Bertz CT molecular complexity index is 128. The second-order valence-corrected chi connectivity index (χ2v) is 1.69. The molecule has 3 heteroatoms. The van der Waals surface area contributed by atoms with Gasteiger partial charge < -0.3 is 14.6 Å². The standard InChI is InChI=1S/C6H10O3/c1-4(6(7)8)5(2)9-3/h5H,1H2,2-3H3,(H,7,8)/p-1. The second kappa shape index (κ2) is 3.25. The van der Waals surface area contributed by atoms with Crippen LogP contribution in [0.15, 0.2) is 12.2 Å². The maximum atomic E-state index is 10.0. The third-order valence-electron chi connectivity index (χ3n) is 1.11. The summed E-state index contributed by atoms with van der Waals surface area (Å²) >= 11 is 0. The number of carbonyl (C=O) groups is 1. The molecule has 0 saturated heterocycles. The van der Waals surface area contributed by atoms with Crippen molar-refractivity contribution in [2.24, 2.45) is 0 Å². The van der Waals surface area contributed by atoms with Crippen LogP contribution in [0.3, 0.4) is 0 Å². The Labute approximate surface area is 53.9 Å². The highest BCUT2D eigenvalue weighted by Crippen LogP contribution is 1.99. The van der Waals surface area contributed by atoms with E-state index in [1.54, 1.807) is 6.92 Å². The molecule has 0 bridgehead atoms. The molecule has 0 spiro atoms. The fourth-order valence-electron chi connectivity index (χ4n) is 0.308. The number of carbonyl (C=O) groups excluding carboxylic acids is 1. The third kappa shape index (κ3) is 2.28. The quantitative estimate of drug-likeness (QED) is 0.475. The summed E-state index contributed by atoms with van der Waals surface area (Å²) in [6.45, 7) is 4.83. The molecule has 0 fully saturated rings. The molecule has 0 aliphatic carbocycles. The van der Waals surface area contributed by atoms with Crippen molar-refractivity contribution in [3.05, 3.63) is 12.2 Å². The summed E-state index contributed by atoms with van der Waals surface area (Å²) in [5.41, 5.74) is -0.0301. The van der Waals surface area contributed by atoms with Crippen molar-refractivity contribution < 1.29 is 14.6 Å². The van der Waals surface area contributed by atoms with Crippen LogP contribution in [0.25, 0.3) is 0 Å². The molecule has 0 aromatic heterocycles. The van der Waals surface area contributed by atoms with E-state index in [-0.39, 0.29) is 5.57 Å². The topological polar surface area (TPSA) is 49.4 Å². The Morgan fingerprint density at radius 1 is 1.78 bits per heavy atom. The first-order valence-corrected chi connectivity index (χ1v) is 2.52. The van der Waals surface area contributed by atoms with Gasteiger partial charge in [-0.05, 0) is 12.5 Å². The van der Waals surface area contributed by atoms with Gasteiger partial charge in [-0.2, -0.15) is 0 Å². The predicted octanol–water partition coefficient (Wildman–Crippen LogP) is -0.673. The Morgan fingerprint density at radius 3 is 2.33 bits per heavy atom. The van der Waals surface area contributed by atoms with Crippen molar-refractivity contribution >= 4 is 5.97 Å². The van der Waals surface area contributed by atoms with Gasteiger partial charge in [0.05, 0.1) is 12.1 Å². The van der Waals surface area contributed by atoms with Crippen LogP contribution < -0.4 is 5.11 Å². The Balaban J connectivity index is 3.88. The van der Waals surface area contributed by atoms with Crippen molar-refractivity contribution in [3.8, 4) is 0 Å². The first-order chi connectivity index (χ1) is 4.09. The Morgan fingerprint density at radius 2 is 2.22 bits per heavy atom. The van der Waals surface area contributed by atoms with E-state index in [0.29, 0.717) is 0 Å². The average Bonchev–Trinajstić information content (AvgIpc) is 1.84. The van der Waals surface area contributed by atoms with Gasteiger partial charge in [0.2, 0.25) is 0 Å². The lowest BCUT2D eigenvalue weighted by Gasteiger charge is -2.12. The van der Waals surface area contributed by atoms with Crippen LogP contribution >= 0.6 is 0 Å². The minimum atomic E-state index is -1.26. The first-order valence-electron chi connectivity index (χ1n) is 2.52. The van der Waals surface area contributed by atoms with Crippen molar-refractivity contribution in [1.82, 2.24) is 0 Å². The molecule has 0 rings (SSSR count). The SMILES string of the molecule is C=C(C(=O)[O-])C(C)OC. The summed E-state index contributed by atoms with van der Waals surface area (Å²) in [7, 11) is 1.42. The summed E-state index contributed by atoms with van der Waals surface area (Å²) in [6.07, 6.45) is -0.463. The van der Waals surface area contributed by atoms with Gasteiger partial charge in [0.25, 0.3) is 0 Å². The molecular formula is C6H9O3-. The molecule has 9 heavy (non-hydrogen) atoms. The molecule has 0 aromatic rings. The van der Waals surface area contributed by atoms with Crippen LogP contribution in [0.4, 0.5) is 0 Å². The molecule has 0 aliphatic rings. The fourth-order valence-corrected chi connectivity index (χ4v) is 0.308. The largest absolute Gasteiger partial charge is 0.545 e. The van der Waals surface area contributed by atoms with E-state index in [9.17, 15) is 9.90 Å². The number of aliphatic carboxylic acids is 1. The molecule has 3 nitrogen and oxygen atoms in total. The van der Waals surface area contributed by atoms with Crippen LogP contribution in [0, 0.1) is 0 Å². The Hall–Kier alpha value is -0.830. The van der Waals surface area contributed by atoms with Crippen molar-refractivity contribution in [2.75, 3.05) is 7.11 Å². The molecular weight excluding hydrogens is 120 g/mol. The predicted molar refractivity (Wildman–Crippen MR) is 30.6 cm³/mol. The zero-order valence-corrected chi connectivity index (χ0v) is 5.51. The first kappa shape index (κ1) is 8.17. The summed E-state index contributed by atoms with van der Waals surface area (Å²) in [5.74, 6) is -1.26. The molecule has 0 saturated carbocycles. The average molecular weight is 129 g/mol. The second-order valence-electron chi connectivity index (χ2n) is 1.69. The molecule has 1 atom stereocenters. The summed E-state index contributed by atoms with van der Waals surface area (Å²) in [5, 5.41) is 10.0. The smallest absolute Gasteiger partial charge is 0.0804 e. The summed E-state index contributed by atoms with van der Waals surface area (Å²) in [6, 6.07) is 0. The molecule has 0 N–H and O–H groups in total. The van der Waals surface area contributed by atoms with Crippen LogP contribution in [0.5, 0.6) is 0 Å². The monoisotopic (exact) mass is 129 g/mol. The van der Waals surface area contributed by atoms with E-state index in [1.807, 2.05) is 0 Å². The lowest BCUT2D eigenvalue weighted by atomic mass is 10.2. The van der Waals surface area contributed by atoms with Crippen LogP contribution in [-0.4, -0.2) is 19.2 Å². The lowest BCUT2D eigenvalue weighted by Crippen LogP contribution is -2.29. The van der Waals surface area contributed by atoms with E-state index in [4.69, 9.17) is 0 Å². The third-order valence-corrected chi connectivity index (χ3v) is 1.11. The lowest BCUT2D eigenvalue weighted by molar-refractivity contribution is -0.300. The van der Waals surface area contributed by atoms with E-state index in [0.717, 1.165) is 0 Å². The molecule has 0 radical (unpaired) electrons. The maximum Gasteiger partial charge on any atom is 0.0804 e. The normalized spacial score (nSPS) is 12.7. The van der Waals surface area contributed by atoms with Gasteiger partial charge in [-0.25, -0.2) is 0 Å². The molecule has 0 heterocycles. The summed E-state index contributed by atoms with van der Waals surface area (Å²) in [4.78, 5) is 10.0. The van der Waals surface area contributed by atoms with E-state index < -0.39 is 12.1 Å². The molecule has 52 valence electrons. The van der Waals surface area contributed by atoms with Gasteiger partial charge in [-0.3, -0.25) is 0 Å². The molecule has 0 aromatic carbocycles. The zero-order chi connectivity index (χ0) is 7.44. The number of hydrogen-bond donors (Lipinski definition) is 0. The zero-order valence-electron chi connectivity index (χ0n) is 5.51. The number of carboxylic acid groups (broad SMARTS) is 1. The van der Waals surface area contributed by atoms with Gasteiger partial charge in [-0.1, -0.05) is 6.58 Å². The highest BCUT2D eigenvalue weighted by molar-refractivity contribution is 5.84. The fraction of sp³-hybridized carbons (Fsp3) is 0.500. The highest BCUT2D eigenvalue weighted by Gasteiger charge is 2.03. The van der Waals surface area contributed by atoms with Gasteiger partial charge >= 0.3 is 0 Å². The van der Waals surface area contributed by atoms with Crippen molar-refractivity contribution in [3.63, 3.8) is 0 Å². The van der Waals surface area contributed by atoms with Gasteiger partial charge in [0.1, 0.15) is 0 Å². The Kier molecular flexibility index (Phi) is 2.95. The summed E-state index contributed by atoms with van der Waals surface area (Å²) < 4.78 is 4.65. The van der Waals surface area contributed by atoms with Gasteiger partial charge in [0.15, 0.2) is 0 Å². The number of methoxy groups -OCH3 is 1. The number of rotatable bonds is 3. The van der Waals surface area contributed by atoms with Crippen LogP contribution in [0.2, 0.25) is 0 Å². The van der Waals surface area contributed by atoms with E-state index in [2.05, 4.69) is 11.3 Å². The van der Waals surface area contributed by atoms with E-state index >= 15 is 0 Å². The van der Waals surface area contributed by atoms with E-state index in [1.165, 1.54) is 7.11 Å². The molecule has 0 aliphatic heterocycles. The number of ether oxygens (including phenoxy) is 1.